The van der Waals surface area contributed by atoms with Gasteiger partial charge in [0.2, 0.25) is 0 Å². The molecule has 0 aliphatic heterocycles. The van der Waals surface area contributed by atoms with Gasteiger partial charge in [-0.1, -0.05) is 0 Å². The number of benzene rings is 2. The maximum Gasteiger partial charge on any atom is 0.338 e. The summed E-state index contributed by atoms with van der Waals surface area (Å²) in [5.41, 5.74) is 0.938. The van der Waals surface area contributed by atoms with E-state index in [1.165, 1.54) is 13.2 Å². The SMILES string of the molecule is COc1ccc2c(COC(=O)c3ccc(SC)cc3)cc(=O)oc2c1. The van der Waals surface area contributed by atoms with E-state index in [9.17, 15) is 9.59 Å². The molecule has 0 atom stereocenters. The molecule has 1 aromatic heterocycles. The van der Waals surface area contributed by atoms with Gasteiger partial charge in [0.1, 0.15) is 17.9 Å². The summed E-state index contributed by atoms with van der Waals surface area (Å²) in [6.45, 7) is -0.0163. The summed E-state index contributed by atoms with van der Waals surface area (Å²) in [5.74, 6) is 0.140. The number of carbonyl (C=O) groups excluding carboxylic acids is 1. The van der Waals surface area contributed by atoms with Crippen molar-refractivity contribution in [2.24, 2.45) is 0 Å². The van der Waals surface area contributed by atoms with Crippen LogP contribution in [0, 0.1) is 0 Å². The van der Waals surface area contributed by atoms with Crippen LogP contribution < -0.4 is 10.4 Å². The van der Waals surface area contributed by atoms with E-state index < -0.39 is 11.6 Å². The zero-order chi connectivity index (χ0) is 17.8. The summed E-state index contributed by atoms with van der Waals surface area (Å²) in [5, 5.41) is 0.700. The van der Waals surface area contributed by atoms with Gasteiger partial charge in [-0.3, -0.25) is 0 Å². The third-order valence-corrected chi connectivity index (χ3v) is 4.47. The molecular weight excluding hydrogens is 340 g/mol. The fourth-order valence-electron chi connectivity index (χ4n) is 2.41. The van der Waals surface area contributed by atoms with Crippen LogP contribution >= 0.6 is 11.8 Å². The van der Waals surface area contributed by atoms with Gasteiger partial charge in [0, 0.05) is 28.0 Å². The van der Waals surface area contributed by atoms with Crippen molar-refractivity contribution in [2.45, 2.75) is 11.5 Å². The Kier molecular flexibility index (Phi) is 5.09. The maximum atomic E-state index is 12.2. The molecular formula is C19H16O5S. The molecule has 0 N–H and O–H groups in total. The Hall–Kier alpha value is -2.73. The number of ether oxygens (including phenoxy) is 2. The van der Waals surface area contributed by atoms with Crippen LogP contribution in [0.2, 0.25) is 0 Å². The Morgan fingerprint density at radius 1 is 1.12 bits per heavy atom. The van der Waals surface area contributed by atoms with Crippen molar-refractivity contribution in [3.63, 3.8) is 0 Å². The van der Waals surface area contributed by atoms with Crippen molar-refractivity contribution in [3.8, 4) is 5.75 Å². The van der Waals surface area contributed by atoms with Crippen LogP contribution in [0.15, 0.2) is 62.6 Å². The van der Waals surface area contributed by atoms with Gasteiger partial charge >= 0.3 is 11.6 Å². The fourth-order valence-corrected chi connectivity index (χ4v) is 2.82. The van der Waals surface area contributed by atoms with E-state index in [-0.39, 0.29) is 6.61 Å². The van der Waals surface area contributed by atoms with E-state index in [4.69, 9.17) is 13.9 Å². The Morgan fingerprint density at radius 2 is 1.88 bits per heavy atom. The summed E-state index contributed by atoms with van der Waals surface area (Å²) < 4.78 is 15.7. The summed E-state index contributed by atoms with van der Waals surface area (Å²) in [6, 6.07) is 13.7. The minimum Gasteiger partial charge on any atom is -0.497 e. The predicted molar refractivity (Wildman–Crippen MR) is 96.4 cm³/mol. The van der Waals surface area contributed by atoms with E-state index in [2.05, 4.69) is 0 Å². The predicted octanol–water partition coefficient (Wildman–Crippen LogP) is 3.88. The van der Waals surface area contributed by atoms with Crippen LogP contribution in [-0.4, -0.2) is 19.3 Å². The molecule has 0 radical (unpaired) electrons. The van der Waals surface area contributed by atoms with Crippen LogP contribution in [0.4, 0.5) is 0 Å². The van der Waals surface area contributed by atoms with Gasteiger partial charge < -0.3 is 13.9 Å². The molecule has 0 unspecified atom stereocenters. The Morgan fingerprint density at radius 3 is 2.56 bits per heavy atom. The highest BCUT2D eigenvalue weighted by Crippen LogP contribution is 2.23. The molecule has 0 saturated heterocycles. The molecule has 128 valence electrons. The van der Waals surface area contributed by atoms with Crippen LogP contribution in [0.3, 0.4) is 0 Å². The first kappa shape index (κ1) is 17.1. The van der Waals surface area contributed by atoms with Crippen molar-refractivity contribution in [3.05, 3.63) is 70.1 Å². The first-order chi connectivity index (χ1) is 12.1. The quantitative estimate of drug-likeness (QED) is 0.393. The van der Waals surface area contributed by atoms with Crippen LogP contribution in [0.5, 0.6) is 5.75 Å². The lowest BCUT2D eigenvalue weighted by atomic mass is 10.1. The second kappa shape index (κ2) is 7.44. The summed E-state index contributed by atoms with van der Waals surface area (Å²) in [4.78, 5) is 25.0. The molecule has 1 heterocycles. The number of carbonyl (C=O) groups is 1. The molecule has 0 spiro atoms. The van der Waals surface area contributed by atoms with Gasteiger partial charge in [-0.25, -0.2) is 9.59 Å². The minimum absolute atomic E-state index is 0.0163. The second-order valence-electron chi connectivity index (χ2n) is 5.26. The topological polar surface area (TPSA) is 65.7 Å². The van der Waals surface area contributed by atoms with Crippen molar-refractivity contribution in [1.29, 1.82) is 0 Å². The highest BCUT2D eigenvalue weighted by atomic mass is 32.2. The standard InChI is InChI=1S/C19H16O5S/c1-22-14-5-8-16-13(9-18(20)24-17(16)10-14)11-23-19(21)12-3-6-15(25-2)7-4-12/h3-10H,11H2,1-2H3. The normalized spacial score (nSPS) is 10.6. The van der Waals surface area contributed by atoms with E-state index in [1.54, 1.807) is 42.1 Å². The fraction of sp³-hybridized carbons (Fsp3) is 0.158. The molecule has 25 heavy (non-hydrogen) atoms. The Bertz CT molecular complexity index is 960. The van der Waals surface area contributed by atoms with Crippen molar-refractivity contribution >= 4 is 28.7 Å². The highest BCUT2D eigenvalue weighted by Gasteiger charge is 2.11. The molecule has 5 nitrogen and oxygen atoms in total. The largest absolute Gasteiger partial charge is 0.497 e. The lowest BCUT2D eigenvalue weighted by Gasteiger charge is -2.08. The zero-order valence-corrected chi connectivity index (χ0v) is 14.6. The molecule has 0 fully saturated rings. The molecule has 6 heteroatoms. The summed E-state index contributed by atoms with van der Waals surface area (Å²) in [6.07, 6.45) is 1.97. The van der Waals surface area contributed by atoms with E-state index in [0.29, 0.717) is 27.8 Å². The number of hydrogen-bond acceptors (Lipinski definition) is 6. The number of methoxy groups -OCH3 is 1. The van der Waals surface area contributed by atoms with Crippen LogP contribution in [-0.2, 0) is 11.3 Å². The molecule has 0 bridgehead atoms. The van der Waals surface area contributed by atoms with Crippen molar-refractivity contribution in [2.75, 3.05) is 13.4 Å². The van der Waals surface area contributed by atoms with Crippen LogP contribution in [0.1, 0.15) is 15.9 Å². The smallest absolute Gasteiger partial charge is 0.338 e. The summed E-state index contributed by atoms with van der Waals surface area (Å²) in [7, 11) is 1.53. The molecule has 3 aromatic rings. The van der Waals surface area contributed by atoms with Gasteiger partial charge in [0.05, 0.1) is 12.7 Å². The molecule has 0 saturated carbocycles. The average Bonchev–Trinajstić information content (AvgIpc) is 2.65. The number of hydrogen-bond donors (Lipinski definition) is 0. The van der Waals surface area contributed by atoms with Gasteiger partial charge in [-0.15, -0.1) is 11.8 Å². The lowest BCUT2D eigenvalue weighted by Crippen LogP contribution is -2.08. The number of rotatable bonds is 5. The van der Waals surface area contributed by atoms with Crippen molar-refractivity contribution < 1.29 is 18.7 Å². The Balaban J connectivity index is 1.82. The third kappa shape index (κ3) is 3.85. The van der Waals surface area contributed by atoms with Gasteiger partial charge in [-0.2, -0.15) is 0 Å². The van der Waals surface area contributed by atoms with Crippen LogP contribution in [0.25, 0.3) is 11.0 Å². The zero-order valence-electron chi connectivity index (χ0n) is 13.8. The molecule has 0 amide bonds. The average molecular weight is 356 g/mol. The second-order valence-corrected chi connectivity index (χ2v) is 6.14. The van der Waals surface area contributed by atoms with E-state index >= 15 is 0 Å². The maximum absolute atomic E-state index is 12.2. The lowest BCUT2D eigenvalue weighted by molar-refractivity contribution is 0.0473. The first-order valence-corrected chi connectivity index (χ1v) is 8.75. The van der Waals surface area contributed by atoms with E-state index in [0.717, 1.165) is 4.90 Å². The number of fused-ring (bicyclic) bond motifs is 1. The molecule has 0 aliphatic carbocycles. The van der Waals surface area contributed by atoms with Gasteiger partial charge in [-0.05, 0) is 42.7 Å². The minimum atomic E-state index is -0.504. The number of thioether (sulfide) groups is 1. The summed E-state index contributed by atoms with van der Waals surface area (Å²) >= 11 is 1.60. The number of esters is 1. The monoisotopic (exact) mass is 356 g/mol. The first-order valence-electron chi connectivity index (χ1n) is 7.52. The van der Waals surface area contributed by atoms with Crippen molar-refractivity contribution in [1.82, 2.24) is 0 Å². The Labute approximate surface area is 148 Å². The van der Waals surface area contributed by atoms with E-state index in [1.807, 2.05) is 18.4 Å². The third-order valence-electron chi connectivity index (χ3n) is 3.72. The molecule has 2 aromatic carbocycles. The van der Waals surface area contributed by atoms with Gasteiger partial charge in [0.25, 0.3) is 0 Å². The highest BCUT2D eigenvalue weighted by molar-refractivity contribution is 7.98. The molecule has 0 aliphatic rings. The van der Waals surface area contributed by atoms with Gasteiger partial charge in [0.15, 0.2) is 0 Å². The molecule has 3 rings (SSSR count).